The first-order chi connectivity index (χ1) is 12.5. The summed E-state index contributed by atoms with van der Waals surface area (Å²) < 4.78 is 2.19. The van der Waals surface area contributed by atoms with Crippen LogP contribution < -0.4 is 11.1 Å². The Hall–Kier alpha value is -2.89. The molecule has 0 spiro atoms. The van der Waals surface area contributed by atoms with E-state index >= 15 is 0 Å². The van der Waals surface area contributed by atoms with Gasteiger partial charge in [0, 0.05) is 24.2 Å². The maximum Gasteiger partial charge on any atom is 0.312 e. The number of nitrogens with two attached hydrogens (primary N) is 1. The van der Waals surface area contributed by atoms with E-state index in [0.717, 1.165) is 29.0 Å². The molecule has 2 amide bonds. The standard InChI is InChI=1S/C20H23N5O/c1-12-11-25-18(17(15-7-8-15)24-19(25)13(2)23-12)16-5-3-14(4-6-16)9-10-22-20(21)26/h3-6,11,15H,7-10H2,1-2H3,(H3,21,22,26). The molecule has 1 saturated carbocycles. The molecule has 26 heavy (non-hydrogen) atoms. The minimum atomic E-state index is -0.485. The first kappa shape index (κ1) is 16.6. The Balaban J connectivity index is 1.71. The number of rotatable bonds is 5. The SMILES string of the molecule is Cc1cn2c(-c3ccc(CCNC(N)=O)cc3)c(C3CC3)nc2c(C)n1. The number of aryl methyl sites for hydroxylation is 2. The van der Waals surface area contributed by atoms with Gasteiger partial charge in [0.25, 0.3) is 0 Å². The summed E-state index contributed by atoms with van der Waals surface area (Å²) in [7, 11) is 0. The fraction of sp³-hybridized carbons (Fsp3) is 0.350. The molecular formula is C20H23N5O. The van der Waals surface area contributed by atoms with Crippen molar-refractivity contribution in [1.82, 2.24) is 19.7 Å². The molecule has 0 saturated heterocycles. The number of nitrogens with one attached hydrogen (secondary N) is 1. The normalized spacial score (nSPS) is 13.9. The van der Waals surface area contributed by atoms with Crippen LogP contribution in [0, 0.1) is 13.8 Å². The van der Waals surface area contributed by atoms with Crippen LogP contribution in [0.5, 0.6) is 0 Å². The second-order valence-corrected chi connectivity index (χ2v) is 7.02. The Morgan fingerprint density at radius 1 is 1.23 bits per heavy atom. The number of aromatic nitrogens is 3. The van der Waals surface area contributed by atoms with Gasteiger partial charge < -0.3 is 11.1 Å². The molecule has 0 atom stereocenters. The summed E-state index contributed by atoms with van der Waals surface area (Å²) in [6, 6.07) is 8.00. The summed E-state index contributed by atoms with van der Waals surface area (Å²) >= 11 is 0. The second-order valence-electron chi connectivity index (χ2n) is 7.02. The van der Waals surface area contributed by atoms with E-state index in [0.29, 0.717) is 12.5 Å². The van der Waals surface area contributed by atoms with Crippen molar-refractivity contribution >= 4 is 11.7 Å². The van der Waals surface area contributed by atoms with Crippen LogP contribution >= 0.6 is 0 Å². The third kappa shape index (κ3) is 3.14. The third-order valence-corrected chi connectivity index (χ3v) is 4.83. The Labute approximate surface area is 152 Å². The van der Waals surface area contributed by atoms with Gasteiger partial charge in [-0.2, -0.15) is 0 Å². The van der Waals surface area contributed by atoms with Crippen molar-refractivity contribution in [2.45, 2.75) is 39.0 Å². The molecule has 3 aromatic rings. The van der Waals surface area contributed by atoms with Gasteiger partial charge in [-0.15, -0.1) is 0 Å². The van der Waals surface area contributed by atoms with Gasteiger partial charge in [-0.05, 0) is 38.7 Å². The highest BCUT2D eigenvalue weighted by atomic mass is 16.2. The minimum Gasteiger partial charge on any atom is -0.352 e. The Kier molecular flexibility index (Phi) is 4.11. The zero-order valence-electron chi connectivity index (χ0n) is 15.1. The fourth-order valence-corrected chi connectivity index (χ4v) is 3.45. The van der Waals surface area contributed by atoms with E-state index < -0.39 is 6.03 Å². The van der Waals surface area contributed by atoms with Crippen LogP contribution in [-0.2, 0) is 6.42 Å². The monoisotopic (exact) mass is 349 g/mol. The molecule has 1 aliphatic rings. The van der Waals surface area contributed by atoms with Crippen molar-refractivity contribution < 1.29 is 4.79 Å². The van der Waals surface area contributed by atoms with E-state index in [2.05, 4.69) is 45.2 Å². The predicted molar refractivity (Wildman–Crippen MR) is 101 cm³/mol. The number of benzene rings is 1. The largest absolute Gasteiger partial charge is 0.352 e. The summed E-state index contributed by atoms with van der Waals surface area (Å²) in [5.74, 6) is 0.559. The van der Waals surface area contributed by atoms with Crippen LogP contribution in [0.25, 0.3) is 16.9 Å². The van der Waals surface area contributed by atoms with Crippen molar-refractivity contribution in [3.63, 3.8) is 0 Å². The van der Waals surface area contributed by atoms with E-state index in [1.807, 2.05) is 13.8 Å². The van der Waals surface area contributed by atoms with E-state index in [-0.39, 0.29) is 0 Å². The molecule has 3 N–H and O–H groups in total. The molecule has 1 aromatic carbocycles. The number of amides is 2. The van der Waals surface area contributed by atoms with Crippen LogP contribution in [0.15, 0.2) is 30.5 Å². The average molecular weight is 349 g/mol. The van der Waals surface area contributed by atoms with Crippen LogP contribution in [0.1, 0.15) is 41.4 Å². The lowest BCUT2D eigenvalue weighted by Gasteiger charge is -2.08. The quantitative estimate of drug-likeness (QED) is 0.742. The van der Waals surface area contributed by atoms with Gasteiger partial charge in [0.15, 0.2) is 5.65 Å². The molecule has 0 radical (unpaired) electrons. The summed E-state index contributed by atoms with van der Waals surface area (Å²) in [6.45, 7) is 4.58. The molecule has 134 valence electrons. The lowest BCUT2D eigenvalue weighted by molar-refractivity contribution is 0.249. The number of carbonyl (C=O) groups is 1. The molecule has 6 nitrogen and oxygen atoms in total. The Morgan fingerprint density at radius 2 is 1.96 bits per heavy atom. The van der Waals surface area contributed by atoms with Crippen LogP contribution in [0.4, 0.5) is 4.79 Å². The van der Waals surface area contributed by atoms with Crippen LogP contribution in [0.2, 0.25) is 0 Å². The summed E-state index contributed by atoms with van der Waals surface area (Å²) in [6.07, 6.45) is 5.24. The number of primary amides is 1. The van der Waals surface area contributed by atoms with Crippen molar-refractivity contribution in [3.8, 4) is 11.3 Å². The lowest BCUT2D eigenvalue weighted by Crippen LogP contribution is -2.30. The lowest BCUT2D eigenvalue weighted by atomic mass is 10.0. The number of carbonyl (C=O) groups excluding carboxylic acids is 1. The first-order valence-electron chi connectivity index (χ1n) is 9.01. The summed E-state index contributed by atoms with van der Waals surface area (Å²) in [4.78, 5) is 20.3. The van der Waals surface area contributed by atoms with E-state index in [4.69, 9.17) is 10.7 Å². The smallest absolute Gasteiger partial charge is 0.312 e. The average Bonchev–Trinajstić information content (AvgIpc) is 3.36. The maximum atomic E-state index is 10.8. The number of imidazole rings is 1. The molecular weight excluding hydrogens is 326 g/mol. The number of urea groups is 1. The van der Waals surface area contributed by atoms with Gasteiger partial charge in [0.1, 0.15) is 0 Å². The highest BCUT2D eigenvalue weighted by Crippen LogP contribution is 2.44. The fourth-order valence-electron chi connectivity index (χ4n) is 3.45. The minimum absolute atomic E-state index is 0.485. The van der Waals surface area contributed by atoms with Gasteiger partial charge >= 0.3 is 6.03 Å². The number of nitrogens with zero attached hydrogens (tertiary/aromatic N) is 3. The molecule has 0 bridgehead atoms. The summed E-state index contributed by atoms with van der Waals surface area (Å²) in [5, 5.41) is 2.62. The summed E-state index contributed by atoms with van der Waals surface area (Å²) in [5.41, 5.74) is 12.7. The van der Waals surface area contributed by atoms with Crippen molar-refractivity contribution in [2.75, 3.05) is 6.54 Å². The zero-order valence-corrected chi connectivity index (χ0v) is 15.1. The van der Waals surface area contributed by atoms with Crippen molar-refractivity contribution in [2.24, 2.45) is 5.73 Å². The zero-order chi connectivity index (χ0) is 18.3. The van der Waals surface area contributed by atoms with Gasteiger partial charge in [0.2, 0.25) is 0 Å². The topological polar surface area (TPSA) is 85.3 Å². The molecule has 2 heterocycles. The van der Waals surface area contributed by atoms with Crippen LogP contribution in [0.3, 0.4) is 0 Å². The van der Waals surface area contributed by atoms with Gasteiger partial charge in [0.05, 0.1) is 22.8 Å². The van der Waals surface area contributed by atoms with E-state index in [1.54, 1.807) is 0 Å². The molecule has 1 aliphatic carbocycles. The number of hydrogen-bond donors (Lipinski definition) is 2. The van der Waals surface area contributed by atoms with E-state index in [1.165, 1.54) is 29.8 Å². The third-order valence-electron chi connectivity index (χ3n) is 4.83. The molecule has 4 rings (SSSR count). The van der Waals surface area contributed by atoms with Gasteiger partial charge in [-0.3, -0.25) is 9.38 Å². The first-order valence-corrected chi connectivity index (χ1v) is 9.01. The number of hydrogen-bond acceptors (Lipinski definition) is 3. The predicted octanol–water partition coefficient (Wildman–Crippen LogP) is 3.10. The van der Waals surface area contributed by atoms with Crippen molar-refractivity contribution in [3.05, 3.63) is 53.1 Å². The van der Waals surface area contributed by atoms with Gasteiger partial charge in [-0.25, -0.2) is 9.78 Å². The molecule has 1 fully saturated rings. The van der Waals surface area contributed by atoms with Crippen LogP contribution in [-0.4, -0.2) is 26.9 Å². The highest BCUT2D eigenvalue weighted by Gasteiger charge is 2.31. The Morgan fingerprint density at radius 3 is 2.62 bits per heavy atom. The molecule has 0 aliphatic heterocycles. The van der Waals surface area contributed by atoms with E-state index in [9.17, 15) is 4.79 Å². The molecule has 2 aromatic heterocycles. The highest BCUT2D eigenvalue weighted by molar-refractivity contribution is 5.71. The van der Waals surface area contributed by atoms with Gasteiger partial charge in [-0.1, -0.05) is 24.3 Å². The second kappa shape index (κ2) is 6.44. The number of fused-ring (bicyclic) bond motifs is 1. The molecule has 0 unspecified atom stereocenters. The molecule has 6 heteroatoms. The Bertz CT molecular complexity index is 970. The van der Waals surface area contributed by atoms with Crippen molar-refractivity contribution in [1.29, 1.82) is 0 Å². The maximum absolute atomic E-state index is 10.8.